The van der Waals surface area contributed by atoms with Crippen molar-refractivity contribution < 1.29 is 9.53 Å². The highest BCUT2D eigenvalue weighted by atomic mass is 16.5. The van der Waals surface area contributed by atoms with Gasteiger partial charge < -0.3 is 15.4 Å². The highest BCUT2D eigenvalue weighted by molar-refractivity contribution is 5.98. The van der Waals surface area contributed by atoms with Crippen molar-refractivity contribution in [2.45, 2.75) is 25.7 Å². The lowest BCUT2D eigenvalue weighted by atomic mass is 9.78. The number of amides is 1. The third-order valence-electron chi connectivity index (χ3n) is 4.65. The van der Waals surface area contributed by atoms with E-state index in [0.29, 0.717) is 19.8 Å². The van der Waals surface area contributed by atoms with Crippen molar-refractivity contribution in [1.29, 1.82) is 0 Å². The molecule has 1 aromatic rings. The van der Waals surface area contributed by atoms with Gasteiger partial charge in [-0.3, -0.25) is 4.79 Å². The Labute approximate surface area is 119 Å². The van der Waals surface area contributed by atoms with Gasteiger partial charge in [-0.2, -0.15) is 0 Å². The summed E-state index contributed by atoms with van der Waals surface area (Å²) < 4.78 is 5.41. The maximum atomic E-state index is 13.1. The molecular weight excluding hydrogens is 252 g/mol. The average Bonchev–Trinajstić information content (AvgIpc) is 2.54. The van der Waals surface area contributed by atoms with Crippen LogP contribution >= 0.6 is 0 Å². The lowest BCUT2D eigenvalue weighted by molar-refractivity contribution is -0.133. The number of carbonyl (C=O) groups excluding carboxylic acids is 1. The van der Waals surface area contributed by atoms with Gasteiger partial charge in [0.2, 0.25) is 5.91 Å². The fourth-order valence-electron chi connectivity index (χ4n) is 3.30. The third-order valence-corrected chi connectivity index (χ3v) is 4.65. The molecule has 0 spiro atoms. The number of ether oxygens (including phenoxy) is 1. The number of aryl methyl sites for hydroxylation is 1. The fraction of sp³-hybridized carbons (Fsp3) is 0.562. The van der Waals surface area contributed by atoms with Crippen molar-refractivity contribution in [3.8, 4) is 0 Å². The molecule has 20 heavy (non-hydrogen) atoms. The summed E-state index contributed by atoms with van der Waals surface area (Å²) in [7, 11) is 0. The van der Waals surface area contributed by atoms with Crippen LogP contribution in [0.4, 0.5) is 5.69 Å². The van der Waals surface area contributed by atoms with Gasteiger partial charge in [0.05, 0.1) is 5.41 Å². The topological polar surface area (TPSA) is 55.6 Å². The zero-order chi connectivity index (χ0) is 14.0. The molecule has 3 rings (SSSR count). The first-order valence-corrected chi connectivity index (χ1v) is 7.44. The Kier molecular flexibility index (Phi) is 3.76. The highest BCUT2D eigenvalue weighted by Crippen LogP contribution is 2.36. The average molecular weight is 274 g/mol. The Morgan fingerprint density at radius 3 is 2.80 bits per heavy atom. The van der Waals surface area contributed by atoms with Crippen LogP contribution < -0.4 is 10.6 Å². The number of fused-ring (bicyclic) bond motifs is 1. The van der Waals surface area contributed by atoms with Crippen LogP contribution in [0.2, 0.25) is 0 Å². The molecule has 1 fully saturated rings. The number of benzene rings is 1. The van der Waals surface area contributed by atoms with E-state index in [1.807, 2.05) is 17.0 Å². The normalized spacial score (nSPS) is 21.4. The molecule has 0 atom stereocenters. The first kappa shape index (κ1) is 13.6. The summed E-state index contributed by atoms with van der Waals surface area (Å²) >= 11 is 0. The van der Waals surface area contributed by atoms with Crippen LogP contribution in [-0.2, 0) is 16.0 Å². The van der Waals surface area contributed by atoms with Gasteiger partial charge in [-0.15, -0.1) is 0 Å². The maximum absolute atomic E-state index is 13.1. The maximum Gasteiger partial charge on any atom is 0.234 e. The molecule has 2 N–H and O–H groups in total. The molecule has 0 aliphatic carbocycles. The summed E-state index contributed by atoms with van der Waals surface area (Å²) in [5.41, 5.74) is 7.88. The second kappa shape index (κ2) is 5.54. The van der Waals surface area contributed by atoms with Gasteiger partial charge in [0.15, 0.2) is 0 Å². The van der Waals surface area contributed by atoms with E-state index in [4.69, 9.17) is 10.5 Å². The number of hydrogen-bond donors (Lipinski definition) is 1. The summed E-state index contributed by atoms with van der Waals surface area (Å²) in [6.07, 6.45) is 3.56. The Hall–Kier alpha value is -1.39. The van der Waals surface area contributed by atoms with Crippen LogP contribution in [0.1, 0.15) is 24.8 Å². The van der Waals surface area contributed by atoms with Crippen LogP contribution in [0.25, 0.3) is 0 Å². The van der Waals surface area contributed by atoms with Crippen LogP contribution in [0.3, 0.4) is 0 Å². The zero-order valence-electron chi connectivity index (χ0n) is 11.8. The standard InChI is InChI=1S/C16H22N2O2/c17-12-16(7-10-20-11-8-16)15(19)18-9-3-5-13-4-1-2-6-14(13)18/h1-2,4,6H,3,5,7-12,17H2. The number of rotatable bonds is 2. The van der Waals surface area contributed by atoms with Crippen molar-refractivity contribution in [3.05, 3.63) is 29.8 Å². The summed E-state index contributed by atoms with van der Waals surface area (Å²) in [5, 5.41) is 0. The van der Waals surface area contributed by atoms with Gasteiger partial charge in [0, 0.05) is 32.0 Å². The molecule has 2 heterocycles. The molecule has 2 aliphatic heterocycles. The van der Waals surface area contributed by atoms with Gasteiger partial charge >= 0.3 is 0 Å². The summed E-state index contributed by atoms with van der Waals surface area (Å²) in [5.74, 6) is 0.190. The van der Waals surface area contributed by atoms with E-state index in [9.17, 15) is 4.79 Å². The molecule has 0 unspecified atom stereocenters. The SMILES string of the molecule is NCC1(C(=O)N2CCCc3ccccc32)CCOCC1. The lowest BCUT2D eigenvalue weighted by Gasteiger charge is -2.40. The molecule has 0 saturated carbocycles. The van der Waals surface area contributed by atoms with E-state index in [1.165, 1.54) is 5.56 Å². The number of anilines is 1. The van der Waals surface area contributed by atoms with E-state index in [0.717, 1.165) is 37.9 Å². The van der Waals surface area contributed by atoms with E-state index >= 15 is 0 Å². The minimum atomic E-state index is -0.428. The molecule has 0 aromatic heterocycles. The third kappa shape index (κ3) is 2.23. The number of carbonyl (C=O) groups is 1. The number of hydrogen-bond acceptors (Lipinski definition) is 3. The summed E-state index contributed by atoms with van der Waals surface area (Å²) in [6.45, 7) is 2.49. The van der Waals surface area contributed by atoms with E-state index < -0.39 is 5.41 Å². The molecule has 0 radical (unpaired) electrons. The number of para-hydroxylation sites is 1. The first-order valence-electron chi connectivity index (χ1n) is 7.44. The van der Waals surface area contributed by atoms with Gasteiger partial charge in [0.1, 0.15) is 0 Å². The second-order valence-electron chi connectivity index (χ2n) is 5.79. The molecular formula is C16H22N2O2. The number of nitrogens with two attached hydrogens (primary N) is 1. The van der Waals surface area contributed by atoms with Crippen molar-refractivity contribution >= 4 is 11.6 Å². The second-order valence-corrected chi connectivity index (χ2v) is 5.79. The van der Waals surface area contributed by atoms with Crippen LogP contribution in [-0.4, -0.2) is 32.2 Å². The van der Waals surface area contributed by atoms with Gasteiger partial charge in [-0.25, -0.2) is 0 Å². The fourth-order valence-corrected chi connectivity index (χ4v) is 3.30. The largest absolute Gasteiger partial charge is 0.381 e. The molecule has 1 aromatic carbocycles. The molecule has 1 amide bonds. The molecule has 4 heteroatoms. The Morgan fingerprint density at radius 2 is 2.05 bits per heavy atom. The zero-order valence-corrected chi connectivity index (χ0v) is 11.8. The van der Waals surface area contributed by atoms with Crippen LogP contribution in [0, 0.1) is 5.41 Å². The first-order chi connectivity index (χ1) is 9.77. The molecule has 1 saturated heterocycles. The summed E-state index contributed by atoms with van der Waals surface area (Å²) in [6, 6.07) is 8.22. The molecule has 108 valence electrons. The summed E-state index contributed by atoms with van der Waals surface area (Å²) in [4.78, 5) is 15.0. The van der Waals surface area contributed by atoms with Crippen molar-refractivity contribution in [1.82, 2.24) is 0 Å². The number of nitrogens with zero attached hydrogens (tertiary/aromatic N) is 1. The van der Waals surface area contributed by atoms with Crippen molar-refractivity contribution in [2.75, 3.05) is 31.2 Å². The van der Waals surface area contributed by atoms with Crippen molar-refractivity contribution in [3.63, 3.8) is 0 Å². The molecule has 4 nitrogen and oxygen atoms in total. The monoisotopic (exact) mass is 274 g/mol. The predicted molar refractivity (Wildman–Crippen MR) is 78.7 cm³/mol. The quantitative estimate of drug-likeness (QED) is 0.893. The van der Waals surface area contributed by atoms with Crippen LogP contribution in [0.15, 0.2) is 24.3 Å². The van der Waals surface area contributed by atoms with Gasteiger partial charge in [-0.1, -0.05) is 18.2 Å². The van der Waals surface area contributed by atoms with Gasteiger partial charge in [0.25, 0.3) is 0 Å². The molecule has 0 bridgehead atoms. The van der Waals surface area contributed by atoms with Crippen molar-refractivity contribution in [2.24, 2.45) is 11.1 Å². The van der Waals surface area contributed by atoms with Crippen LogP contribution in [0.5, 0.6) is 0 Å². The minimum Gasteiger partial charge on any atom is -0.381 e. The lowest BCUT2D eigenvalue weighted by Crippen LogP contribution is -2.52. The highest BCUT2D eigenvalue weighted by Gasteiger charge is 2.42. The Morgan fingerprint density at radius 1 is 1.30 bits per heavy atom. The Balaban J connectivity index is 1.91. The predicted octanol–water partition coefficient (Wildman–Crippen LogP) is 1.72. The minimum absolute atomic E-state index is 0.190. The smallest absolute Gasteiger partial charge is 0.234 e. The van der Waals surface area contributed by atoms with E-state index in [-0.39, 0.29) is 5.91 Å². The van der Waals surface area contributed by atoms with Gasteiger partial charge in [-0.05, 0) is 37.3 Å². The van der Waals surface area contributed by atoms with E-state index in [1.54, 1.807) is 0 Å². The Bertz CT molecular complexity index is 495. The van der Waals surface area contributed by atoms with E-state index in [2.05, 4.69) is 12.1 Å². The molecule has 2 aliphatic rings.